The molecule has 1 aromatic heterocycles. The molecule has 0 aliphatic carbocycles. The van der Waals surface area contributed by atoms with Gasteiger partial charge in [0.05, 0.1) is 16.4 Å². The molecule has 0 fully saturated rings. The number of hydrogen-bond donors (Lipinski definition) is 1. The van der Waals surface area contributed by atoms with Crippen molar-refractivity contribution in [1.82, 2.24) is 15.1 Å². The molecule has 0 aliphatic heterocycles. The summed E-state index contributed by atoms with van der Waals surface area (Å²) in [5.74, 6) is 0.543. The van der Waals surface area contributed by atoms with E-state index < -0.39 is 0 Å². The first kappa shape index (κ1) is 14.5. The fourth-order valence-electron chi connectivity index (χ4n) is 1.78. The molecule has 0 spiro atoms. The summed E-state index contributed by atoms with van der Waals surface area (Å²) in [6.45, 7) is 11.7. The van der Waals surface area contributed by atoms with Gasteiger partial charge >= 0.3 is 0 Å². The number of nitrogens with one attached hydrogen (secondary N) is 1. The molecule has 1 rings (SSSR count). The van der Waals surface area contributed by atoms with Crippen molar-refractivity contribution < 1.29 is 0 Å². The summed E-state index contributed by atoms with van der Waals surface area (Å²) < 4.78 is 1.89. The smallest absolute Gasteiger partial charge is 0.0847 e. The van der Waals surface area contributed by atoms with Crippen molar-refractivity contribution in [2.75, 3.05) is 6.54 Å². The quantitative estimate of drug-likeness (QED) is 0.899. The molecule has 98 valence electrons. The predicted octanol–water partition coefficient (Wildman–Crippen LogP) is 2.95. The lowest BCUT2D eigenvalue weighted by atomic mass is 10.0. The van der Waals surface area contributed by atoms with Crippen LogP contribution in [0.4, 0.5) is 0 Å². The Labute approximate surface area is 110 Å². The van der Waals surface area contributed by atoms with Crippen molar-refractivity contribution >= 4 is 11.6 Å². The molecular weight excluding hydrogens is 234 g/mol. The third-order valence-corrected chi connectivity index (χ3v) is 3.28. The van der Waals surface area contributed by atoms with E-state index in [1.807, 2.05) is 18.7 Å². The first-order chi connectivity index (χ1) is 7.70. The van der Waals surface area contributed by atoms with E-state index in [9.17, 15) is 0 Å². The molecule has 1 heterocycles. The fraction of sp³-hybridized carbons (Fsp3) is 0.769. The maximum absolute atomic E-state index is 6.24. The van der Waals surface area contributed by atoms with Gasteiger partial charge in [0.25, 0.3) is 0 Å². The van der Waals surface area contributed by atoms with Gasteiger partial charge in [0, 0.05) is 12.6 Å². The summed E-state index contributed by atoms with van der Waals surface area (Å²) in [5, 5.41) is 8.67. The highest BCUT2D eigenvalue weighted by atomic mass is 35.5. The van der Waals surface area contributed by atoms with Crippen LogP contribution in [-0.4, -0.2) is 21.9 Å². The molecule has 0 radical (unpaired) electrons. The third-order valence-electron chi connectivity index (χ3n) is 2.78. The average Bonchev–Trinajstić information content (AvgIpc) is 2.41. The van der Waals surface area contributed by atoms with Gasteiger partial charge in [-0.05, 0) is 46.6 Å². The van der Waals surface area contributed by atoms with Crippen molar-refractivity contribution in [3.8, 4) is 0 Å². The summed E-state index contributed by atoms with van der Waals surface area (Å²) in [6.07, 6.45) is 0.958. The van der Waals surface area contributed by atoms with E-state index in [1.54, 1.807) is 0 Å². The van der Waals surface area contributed by atoms with Crippen LogP contribution in [0.15, 0.2) is 0 Å². The number of hydrogen-bond acceptors (Lipinski definition) is 2. The number of aromatic nitrogens is 2. The van der Waals surface area contributed by atoms with Crippen LogP contribution >= 0.6 is 11.6 Å². The van der Waals surface area contributed by atoms with Crippen molar-refractivity contribution in [2.45, 2.75) is 46.6 Å². The van der Waals surface area contributed by atoms with E-state index in [4.69, 9.17) is 11.6 Å². The van der Waals surface area contributed by atoms with Crippen molar-refractivity contribution in [1.29, 1.82) is 0 Å². The van der Waals surface area contributed by atoms with Gasteiger partial charge in [-0.3, -0.25) is 4.68 Å². The van der Waals surface area contributed by atoms with Gasteiger partial charge in [-0.1, -0.05) is 18.5 Å². The minimum Gasteiger partial charge on any atom is -0.312 e. The fourth-order valence-corrected chi connectivity index (χ4v) is 2.02. The van der Waals surface area contributed by atoms with Crippen molar-refractivity contribution in [3.63, 3.8) is 0 Å². The minimum atomic E-state index is 0.167. The van der Waals surface area contributed by atoms with Gasteiger partial charge < -0.3 is 5.32 Å². The Morgan fingerprint density at radius 3 is 2.41 bits per heavy atom. The highest BCUT2D eigenvalue weighted by molar-refractivity contribution is 6.31. The van der Waals surface area contributed by atoms with Gasteiger partial charge in [-0.2, -0.15) is 5.10 Å². The number of rotatable bonds is 4. The normalized spacial score (nSPS) is 14.1. The van der Waals surface area contributed by atoms with E-state index in [1.165, 1.54) is 0 Å². The lowest BCUT2D eigenvalue weighted by Gasteiger charge is -2.23. The number of nitrogens with zero attached hydrogens (tertiary/aromatic N) is 2. The monoisotopic (exact) mass is 257 g/mol. The molecule has 1 atom stereocenters. The van der Waals surface area contributed by atoms with Crippen LogP contribution in [0.3, 0.4) is 0 Å². The lowest BCUT2D eigenvalue weighted by Crippen LogP contribution is -2.39. The molecule has 17 heavy (non-hydrogen) atoms. The second kappa shape index (κ2) is 5.40. The predicted molar refractivity (Wildman–Crippen MR) is 73.6 cm³/mol. The maximum atomic E-state index is 6.24. The SMILES string of the molecule is Cc1nn(C)c(CC(C)CNC(C)(C)C)c1Cl. The molecule has 3 nitrogen and oxygen atoms in total. The summed E-state index contributed by atoms with van der Waals surface area (Å²) >= 11 is 6.24. The first-order valence-corrected chi connectivity index (χ1v) is 6.51. The van der Waals surface area contributed by atoms with Crippen LogP contribution in [0.1, 0.15) is 39.1 Å². The molecule has 0 amide bonds. The molecule has 0 aromatic carbocycles. The molecule has 0 aliphatic rings. The highest BCUT2D eigenvalue weighted by Crippen LogP contribution is 2.22. The first-order valence-electron chi connectivity index (χ1n) is 6.13. The highest BCUT2D eigenvalue weighted by Gasteiger charge is 2.16. The van der Waals surface area contributed by atoms with Crippen LogP contribution < -0.4 is 5.32 Å². The third kappa shape index (κ3) is 4.32. The van der Waals surface area contributed by atoms with E-state index in [0.29, 0.717) is 5.92 Å². The Balaban J connectivity index is 2.59. The topological polar surface area (TPSA) is 29.9 Å². The summed E-state index contributed by atoms with van der Waals surface area (Å²) in [4.78, 5) is 0. The Morgan fingerprint density at radius 1 is 1.41 bits per heavy atom. The summed E-state index contributed by atoms with van der Waals surface area (Å²) in [5.41, 5.74) is 2.22. The average molecular weight is 258 g/mol. The molecular formula is C13H24ClN3. The maximum Gasteiger partial charge on any atom is 0.0847 e. The van der Waals surface area contributed by atoms with Crippen LogP contribution in [0.2, 0.25) is 5.02 Å². The molecule has 4 heteroatoms. The van der Waals surface area contributed by atoms with Gasteiger partial charge in [0.1, 0.15) is 0 Å². The van der Waals surface area contributed by atoms with E-state index in [0.717, 1.165) is 29.4 Å². The number of aryl methyl sites for hydroxylation is 2. The van der Waals surface area contributed by atoms with Crippen LogP contribution in [-0.2, 0) is 13.5 Å². The van der Waals surface area contributed by atoms with Crippen molar-refractivity contribution in [3.05, 3.63) is 16.4 Å². The minimum absolute atomic E-state index is 0.167. The lowest BCUT2D eigenvalue weighted by molar-refractivity contribution is 0.378. The van der Waals surface area contributed by atoms with Crippen LogP contribution in [0.25, 0.3) is 0 Å². The summed E-state index contributed by atoms with van der Waals surface area (Å²) in [6, 6.07) is 0. The van der Waals surface area contributed by atoms with Crippen molar-refractivity contribution in [2.24, 2.45) is 13.0 Å². The largest absolute Gasteiger partial charge is 0.312 e. The van der Waals surface area contributed by atoms with Gasteiger partial charge in [0.2, 0.25) is 0 Å². The van der Waals surface area contributed by atoms with Crippen LogP contribution in [0, 0.1) is 12.8 Å². The van der Waals surface area contributed by atoms with Gasteiger partial charge in [-0.25, -0.2) is 0 Å². The van der Waals surface area contributed by atoms with E-state index in [-0.39, 0.29) is 5.54 Å². The Bertz CT molecular complexity index is 377. The van der Waals surface area contributed by atoms with Crippen LogP contribution in [0.5, 0.6) is 0 Å². The Morgan fingerprint density at radius 2 is 2.00 bits per heavy atom. The van der Waals surface area contributed by atoms with Gasteiger partial charge in [0.15, 0.2) is 0 Å². The Hall–Kier alpha value is -0.540. The number of halogens is 1. The zero-order valence-electron chi connectivity index (χ0n) is 11.8. The molecule has 1 unspecified atom stereocenters. The van der Waals surface area contributed by atoms with E-state index in [2.05, 4.69) is 38.1 Å². The second-order valence-electron chi connectivity index (χ2n) is 5.91. The second-order valence-corrected chi connectivity index (χ2v) is 6.29. The molecule has 0 saturated carbocycles. The van der Waals surface area contributed by atoms with E-state index >= 15 is 0 Å². The Kier molecular flexibility index (Phi) is 4.62. The zero-order chi connectivity index (χ0) is 13.2. The standard InChI is InChI=1S/C13H24ClN3/c1-9(8-15-13(3,4)5)7-11-12(14)10(2)16-17(11)6/h9,15H,7-8H2,1-6H3. The zero-order valence-corrected chi connectivity index (χ0v) is 12.5. The molecule has 0 bridgehead atoms. The molecule has 0 saturated heterocycles. The summed E-state index contributed by atoms with van der Waals surface area (Å²) in [7, 11) is 1.96. The molecule has 1 aromatic rings. The van der Waals surface area contributed by atoms with Gasteiger partial charge in [-0.15, -0.1) is 0 Å². The molecule has 1 N–H and O–H groups in total.